The lowest BCUT2D eigenvalue weighted by molar-refractivity contribution is 0.0697. The number of sulfone groups is 1. The fraction of sp³-hybridized carbons (Fsp3) is 0.0769. The summed E-state index contributed by atoms with van der Waals surface area (Å²) in [6.07, 6.45) is 2.50. The van der Waals surface area contributed by atoms with E-state index >= 15 is 0 Å². The first-order valence-electron chi connectivity index (χ1n) is 5.38. The summed E-state index contributed by atoms with van der Waals surface area (Å²) in [5.41, 5.74) is 1.09. The second kappa shape index (κ2) is 4.81. The molecule has 1 aromatic carbocycles. The Bertz CT molecular complexity index is 738. The molecule has 0 aliphatic carbocycles. The Hall–Kier alpha value is -2.21. The number of carboxylic acids is 1. The molecule has 98 valence electrons. The van der Waals surface area contributed by atoms with E-state index in [4.69, 9.17) is 5.11 Å². The molecule has 0 unspecified atom stereocenters. The van der Waals surface area contributed by atoms with Crippen LogP contribution in [0.25, 0.3) is 11.3 Å². The molecule has 2 aromatic rings. The Balaban J connectivity index is 2.54. The molecular weight excluding hydrogens is 266 g/mol. The lowest BCUT2D eigenvalue weighted by Gasteiger charge is -2.04. The summed E-state index contributed by atoms with van der Waals surface area (Å²) in [6, 6.07) is 9.03. The largest absolute Gasteiger partial charge is 0.478 e. The SMILES string of the molecule is CS(=O)(=O)c1cccc(-c2cc(C(=O)O)ccn2)c1. The van der Waals surface area contributed by atoms with E-state index < -0.39 is 15.8 Å². The molecule has 0 atom stereocenters. The van der Waals surface area contributed by atoms with E-state index in [-0.39, 0.29) is 10.5 Å². The van der Waals surface area contributed by atoms with E-state index in [2.05, 4.69) is 4.98 Å². The predicted octanol–water partition coefficient (Wildman–Crippen LogP) is 1.85. The molecule has 6 heteroatoms. The van der Waals surface area contributed by atoms with Crippen LogP contribution in [0.2, 0.25) is 0 Å². The maximum Gasteiger partial charge on any atom is 0.335 e. The minimum Gasteiger partial charge on any atom is -0.478 e. The molecule has 0 bridgehead atoms. The van der Waals surface area contributed by atoms with E-state index in [9.17, 15) is 13.2 Å². The zero-order valence-corrected chi connectivity index (χ0v) is 10.9. The fourth-order valence-electron chi connectivity index (χ4n) is 1.61. The topological polar surface area (TPSA) is 84.3 Å². The molecule has 1 N–H and O–H groups in total. The maximum atomic E-state index is 11.5. The molecule has 0 saturated heterocycles. The number of benzene rings is 1. The van der Waals surface area contributed by atoms with Gasteiger partial charge in [0.15, 0.2) is 9.84 Å². The number of carboxylic acid groups (broad SMARTS) is 1. The van der Waals surface area contributed by atoms with Crippen LogP contribution in [0, 0.1) is 0 Å². The average molecular weight is 277 g/mol. The average Bonchev–Trinajstić information content (AvgIpc) is 2.38. The number of carbonyl (C=O) groups is 1. The van der Waals surface area contributed by atoms with E-state index in [1.807, 2.05) is 0 Å². The van der Waals surface area contributed by atoms with Crippen molar-refractivity contribution in [1.29, 1.82) is 0 Å². The standard InChI is InChI=1S/C13H11NO4S/c1-19(17,18)11-4-2-3-9(7-11)12-8-10(13(15)16)5-6-14-12/h2-8H,1H3,(H,15,16). The fourth-order valence-corrected chi connectivity index (χ4v) is 2.27. The summed E-state index contributed by atoms with van der Waals surface area (Å²) >= 11 is 0. The van der Waals surface area contributed by atoms with Gasteiger partial charge in [-0.2, -0.15) is 0 Å². The molecule has 0 radical (unpaired) electrons. The number of hydrogen-bond donors (Lipinski definition) is 1. The minimum atomic E-state index is -3.30. The van der Waals surface area contributed by atoms with Crippen LogP contribution in [0.3, 0.4) is 0 Å². The molecule has 0 fully saturated rings. The maximum absolute atomic E-state index is 11.5. The molecule has 0 spiro atoms. The van der Waals surface area contributed by atoms with Crippen LogP contribution >= 0.6 is 0 Å². The van der Waals surface area contributed by atoms with Crippen LogP contribution in [0.1, 0.15) is 10.4 Å². The van der Waals surface area contributed by atoms with Crippen LogP contribution in [0.15, 0.2) is 47.5 Å². The van der Waals surface area contributed by atoms with Gasteiger partial charge in [0.2, 0.25) is 0 Å². The van der Waals surface area contributed by atoms with Gasteiger partial charge >= 0.3 is 5.97 Å². The zero-order valence-electron chi connectivity index (χ0n) is 10.1. The van der Waals surface area contributed by atoms with Crippen molar-refractivity contribution < 1.29 is 18.3 Å². The summed E-state index contributed by atoms with van der Waals surface area (Å²) in [6.45, 7) is 0. The summed E-state index contributed by atoms with van der Waals surface area (Å²) in [4.78, 5) is 15.1. The van der Waals surface area contributed by atoms with Gasteiger partial charge in [0, 0.05) is 18.0 Å². The number of aromatic nitrogens is 1. The second-order valence-electron chi connectivity index (χ2n) is 4.03. The van der Waals surface area contributed by atoms with Gasteiger partial charge in [0.25, 0.3) is 0 Å². The molecular formula is C13H11NO4S. The van der Waals surface area contributed by atoms with Crippen LogP contribution in [0.4, 0.5) is 0 Å². The van der Waals surface area contributed by atoms with Crippen molar-refractivity contribution in [3.8, 4) is 11.3 Å². The highest BCUT2D eigenvalue weighted by molar-refractivity contribution is 7.90. The summed E-state index contributed by atoms with van der Waals surface area (Å²) in [5.74, 6) is -1.05. The third kappa shape index (κ3) is 2.97. The third-order valence-electron chi connectivity index (χ3n) is 2.56. The molecule has 0 saturated carbocycles. The van der Waals surface area contributed by atoms with Gasteiger partial charge in [-0.3, -0.25) is 4.98 Å². The van der Waals surface area contributed by atoms with Crippen LogP contribution in [0.5, 0.6) is 0 Å². The number of nitrogens with zero attached hydrogens (tertiary/aromatic N) is 1. The summed E-state index contributed by atoms with van der Waals surface area (Å²) < 4.78 is 23.0. The monoisotopic (exact) mass is 277 g/mol. The highest BCUT2D eigenvalue weighted by Gasteiger charge is 2.10. The predicted molar refractivity (Wildman–Crippen MR) is 69.7 cm³/mol. The van der Waals surface area contributed by atoms with Gasteiger partial charge < -0.3 is 5.11 Å². The Morgan fingerprint density at radius 1 is 1.21 bits per heavy atom. The minimum absolute atomic E-state index is 0.106. The highest BCUT2D eigenvalue weighted by atomic mass is 32.2. The Labute approximate surface area is 110 Å². The zero-order chi connectivity index (χ0) is 14.0. The van der Waals surface area contributed by atoms with Gasteiger partial charge in [-0.1, -0.05) is 12.1 Å². The first-order valence-corrected chi connectivity index (χ1v) is 7.27. The van der Waals surface area contributed by atoms with Crippen LogP contribution in [-0.4, -0.2) is 30.7 Å². The van der Waals surface area contributed by atoms with Gasteiger partial charge in [-0.15, -0.1) is 0 Å². The van der Waals surface area contributed by atoms with Gasteiger partial charge in [0.1, 0.15) is 0 Å². The lowest BCUT2D eigenvalue weighted by Crippen LogP contribution is -1.99. The van der Waals surface area contributed by atoms with Gasteiger partial charge in [0.05, 0.1) is 16.2 Å². The Morgan fingerprint density at radius 3 is 2.58 bits per heavy atom. The number of hydrogen-bond acceptors (Lipinski definition) is 4. The normalized spacial score (nSPS) is 11.2. The van der Waals surface area contributed by atoms with Crippen molar-refractivity contribution in [2.45, 2.75) is 4.90 Å². The highest BCUT2D eigenvalue weighted by Crippen LogP contribution is 2.21. The molecule has 19 heavy (non-hydrogen) atoms. The summed E-state index contributed by atoms with van der Waals surface area (Å²) in [5, 5.41) is 8.92. The van der Waals surface area contributed by atoms with Gasteiger partial charge in [-0.05, 0) is 24.3 Å². The van der Waals surface area contributed by atoms with Crippen molar-refractivity contribution in [3.63, 3.8) is 0 Å². The lowest BCUT2D eigenvalue weighted by atomic mass is 10.1. The molecule has 1 aromatic heterocycles. The summed E-state index contributed by atoms with van der Waals surface area (Å²) in [7, 11) is -3.30. The van der Waals surface area contributed by atoms with Crippen LogP contribution < -0.4 is 0 Å². The smallest absolute Gasteiger partial charge is 0.335 e. The molecule has 1 heterocycles. The first-order chi connectivity index (χ1) is 8.88. The van der Waals surface area contributed by atoms with Crippen molar-refractivity contribution in [2.24, 2.45) is 0 Å². The van der Waals surface area contributed by atoms with Crippen molar-refractivity contribution in [2.75, 3.05) is 6.26 Å². The number of rotatable bonds is 3. The van der Waals surface area contributed by atoms with E-state index in [0.717, 1.165) is 6.26 Å². The second-order valence-corrected chi connectivity index (χ2v) is 6.05. The quantitative estimate of drug-likeness (QED) is 0.925. The Kier molecular flexibility index (Phi) is 3.35. The molecule has 2 rings (SSSR count). The van der Waals surface area contributed by atoms with Crippen molar-refractivity contribution in [3.05, 3.63) is 48.2 Å². The molecule has 0 aliphatic rings. The number of aromatic carboxylic acids is 1. The molecule has 0 aliphatic heterocycles. The van der Waals surface area contributed by atoms with Crippen molar-refractivity contribution >= 4 is 15.8 Å². The van der Waals surface area contributed by atoms with E-state index in [0.29, 0.717) is 11.3 Å². The first kappa shape index (κ1) is 13.2. The number of pyridine rings is 1. The molecule has 0 amide bonds. The van der Waals surface area contributed by atoms with Crippen molar-refractivity contribution in [1.82, 2.24) is 4.98 Å². The third-order valence-corrected chi connectivity index (χ3v) is 3.68. The van der Waals surface area contributed by atoms with Gasteiger partial charge in [-0.25, -0.2) is 13.2 Å². The van der Waals surface area contributed by atoms with E-state index in [1.54, 1.807) is 12.1 Å². The molecule has 5 nitrogen and oxygen atoms in total. The van der Waals surface area contributed by atoms with E-state index in [1.165, 1.54) is 30.5 Å². The van der Waals surface area contributed by atoms with Crippen LogP contribution in [-0.2, 0) is 9.84 Å². The Morgan fingerprint density at radius 2 is 1.95 bits per heavy atom.